The van der Waals surface area contributed by atoms with Gasteiger partial charge in [0.25, 0.3) is 5.89 Å². The molecule has 0 amide bonds. The van der Waals surface area contributed by atoms with Gasteiger partial charge >= 0.3 is 0 Å². The lowest BCUT2D eigenvalue weighted by atomic mass is 9.99. The Hall–Kier alpha value is -1.30. The first-order chi connectivity index (χ1) is 10.1. The molecule has 7 heteroatoms. The van der Waals surface area contributed by atoms with Crippen LogP contribution < -0.4 is 10.5 Å². The molecule has 22 heavy (non-hydrogen) atoms. The highest BCUT2D eigenvalue weighted by atomic mass is 35.5. The molecular weight excluding hydrogens is 325 g/mol. The van der Waals surface area contributed by atoms with Gasteiger partial charge in [0.1, 0.15) is 5.75 Å². The Morgan fingerprint density at radius 3 is 2.82 bits per heavy atom. The number of fused-ring (bicyclic) bond motifs is 1. The van der Waals surface area contributed by atoms with Crippen LogP contribution in [0.4, 0.5) is 0 Å². The van der Waals surface area contributed by atoms with Gasteiger partial charge in [-0.25, -0.2) is 0 Å². The summed E-state index contributed by atoms with van der Waals surface area (Å²) in [6.07, 6.45) is 4.49. The fourth-order valence-electron chi connectivity index (χ4n) is 3.15. The second-order valence-electron chi connectivity index (χ2n) is 5.88. The van der Waals surface area contributed by atoms with Gasteiger partial charge < -0.3 is 15.0 Å². The number of nitrogens with two attached hydrogens (primary N) is 1. The Labute approximate surface area is 139 Å². The third-order valence-corrected chi connectivity index (χ3v) is 4.59. The molecule has 2 N–H and O–H groups in total. The third kappa shape index (κ3) is 2.57. The maximum Gasteiger partial charge on any atom is 0.268 e. The number of ether oxygens (including phenoxy) is 1. The second-order valence-corrected chi connectivity index (χ2v) is 6.32. The predicted octanol–water partition coefficient (Wildman–Crippen LogP) is 3.55. The molecule has 1 unspecified atom stereocenters. The van der Waals surface area contributed by atoms with E-state index >= 15 is 0 Å². The summed E-state index contributed by atoms with van der Waals surface area (Å²) in [4.78, 5) is 4.49. The van der Waals surface area contributed by atoms with Gasteiger partial charge in [0.2, 0.25) is 0 Å². The van der Waals surface area contributed by atoms with Crippen LogP contribution in [-0.2, 0) is 12.0 Å². The van der Waals surface area contributed by atoms with Crippen molar-refractivity contribution in [1.29, 1.82) is 0 Å². The molecule has 5 nitrogen and oxygen atoms in total. The van der Waals surface area contributed by atoms with Crippen molar-refractivity contribution in [2.45, 2.75) is 43.7 Å². The number of aromatic nitrogens is 2. The minimum atomic E-state index is -0.434. The number of benzene rings is 1. The fraction of sp³-hybridized carbons (Fsp3) is 0.467. The van der Waals surface area contributed by atoms with Crippen molar-refractivity contribution in [3.63, 3.8) is 0 Å². The molecule has 1 aliphatic heterocycles. The summed E-state index contributed by atoms with van der Waals surface area (Å²) >= 11 is 6.00. The van der Waals surface area contributed by atoms with Crippen LogP contribution in [0.2, 0.25) is 5.02 Å². The molecule has 1 saturated carbocycles. The molecule has 0 spiro atoms. The average Bonchev–Trinajstić information content (AvgIpc) is 3.15. The van der Waals surface area contributed by atoms with E-state index in [0.29, 0.717) is 23.2 Å². The molecule has 1 aromatic heterocycles. The normalized spacial score (nSPS) is 22.0. The smallest absolute Gasteiger partial charge is 0.268 e. The standard InChI is InChI=1S/C15H16ClN3O2.ClH/c16-10-3-4-11-9(7-10)8-12(20-11)13-18-14(19-21-13)15(17)5-1-2-6-15;/h3-4,7,12H,1-2,5-6,8,17H2;1H. The Balaban J connectivity index is 0.00000144. The van der Waals surface area contributed by atoms with Crippen LogP contribution in [0.15, 0.2) is 22.7 Å². The van der Waals surface area contributed by atoms with Crippen LogP contribution >= 0.6 is 24.0 Å². The summed E-state index contributed by atoms with van der Waals surface area (Å²) in [5.41, 5.74) is 6.98. The maximum atomic E-state index is 6.35. The third-order valence-electron chi connectivity index (χ3n) is 4.36. The molecule has 0 radical (unpaired) electrons. The maximum absolute atomic E-state index is 6.35. The average molecular weight is 342 g/mol. The monoisotopic (exact) mass is 341 g/mol. The van der Waals surface area contributed by atoms with E-state index in [2.05, 4.69) is 10.1 Å². The summed E-state index contributed by atoms with van der Waals surface area (Å²) in [7, 11) is 0. The Morgan fingerprint density at radius 1 is 1.27 bits per heavy atom. The van der Waals surface area contributed by atoms with E-state index in [0.717, 1.165) is 37.0 Å². The lowest BCUT2D eigenvalue weighted by molar-refractivity contribution is 0.183. The van der Waals surface area contributed by atoms with Crippen LogP contribution in [-0.4, -0.2) is 10.1 Å². The van der Waals surface area contributed by atoms with E-state index in [1.54, 1.807) is 0 Å². The molecular formula is C15H17Cl2N3O2. The molecule has 1 atom stereocenters. The molecule has 1 aromatic carbocycles. The highest BCUT2D eigenvalue weighted by Crippen LogP contribution is 2.39. The molecule has 1 fully saturated rings. The summed E-state index contributed by atoms with van der Waals surface area (Å²) in [5, 5.41) is 4.78. The van der Waals surface area contributed by atoms with E-state index in [-0.39, 0.29) is 18.5 Å². The largest absolute Gasteiger partial charge is 0.480 e. The fourth-order valence-corrected chi connectivity index (χ4v) is 3.35. The number of nitrogens with zero attached hydrogens (tertiary/aromatic N) is 2. The lowest BCUT2D eigenvalue weighted by Crippen LogP contribution is -2.34. The van der Waals surface area contributed by atoms with Gasteiger partial charge in [0.05, 0.1) is 5.54 Å². The van der Waals surface area contributed by atoms with Gasteiger partial charge in [0, 0.05) is 11.4 Å². The van der Waals surface area contributed by atoms with Crippen molar-refractivity contribution in [3.8, 4) is 5.75 Å². The SMILES string of the molecule is Cl.NC1(c2noc(C3Cc4cc(Cl)ccc4O3)n2)CCCC1. The Kier molecular flexibility index (Phi) is 4.05. The zero-order valence-corrected chi connectivity index (χ0v) is 13.5. The summed E-state index contributed by atoms with van der Waals surface area (Å²) < 4.78 is 11.2. The number of hydrogen-bond donors (Lipinski definition) is 1. The van der Waals surface area contributed by atoms with E-state index < -0.39 is 5.54 Å². The highest BCUT2D eigenvalue weighted by Gasteiger charge is 2.38. The molecule has 2 aromatic rings. The topological polar surface area (TPSA) is 74.2 Å². The van der Waals surface area contributed by atoms with Crippen LogP contribution in [0.1, 0.15) is 49.1 Å². The second kappa shape index (κ2) is 5.72. The minimum Gasteiger partial charge on any atom is -0.480 e. The van der Waals surface area contributed by atoms with Crippen LogP contribution in [0.5, 0.6) is 5.75 Å². The quantitative estimate of drug-likeness (QED) is 0.903. The summed E-state index contributed by atoms with van der Waals surface area (Å²) in [6.45, 7) is 0. The van der Waals surface area contributed by atoms with Crippen LogP contribution in [0.25, 0.3) is 0 Å². The molecule has 4 rings (SSSR count). The Morgan fingerprint density at radius 2 is 2.05 bits per heavy atom. The van der Waals surface area contributed by atoms with E-state index in [9.17, 15) is 0 Å². The van der Waals surface area contributed by atoms with Gasteiger partial charge in [-0.05, 0) is 36.6 Å². The van der Waals surface area contributed by atoms with Gasteiger partial charge in [-0.15, -0.1) is 12.4 Å². The highest BCUT2D eigenvalue weighted by molar-refractivity contribution is 6.30. The van der Waals surface area contributed by atoms with E-state index in [1.165, 1.54) is 0 Å². The van der Waals surface area contributed by atoms with Crippen molar-refractivity contribution >= 4 is 24.0 Å². The number of halogens is 2. The Bertz CT molecular complexity index is 683. The van der Waals surface area contributed by atoms with Gasteiger partial charge in [0.15, 0.2) is 11.9 Å². The molecule has 118 valence electrons. The van der Waals surface area contributed by atoms with Crippen molar-refractivity contribution in [2.75, 3.05) is 0 Å². The van der Waals surface area contributed by atoms with Crippen molar-refractivity contribution in [2.24, 2.45) is 5.73 Å². The number of rotatable bonds is 2. The molecule has 1 aliphatic carbocycles. The lowest BCUT2D eigenvalue weighted by Gasteiger charge is -2.17. The van der Waals surface area contributed by atoms with Gasteiger partial charge in [-0.1, -0.05) is 29.6 Å². The number of hydrogen-bond acceptors (Lipinski definition) is 5. The zero-order chi connectivity index (χ0) is 14.4. The summed E-state index contributed by atoms with van der Waals surface area (Å²) in [5.74, 6) is 1.93. The molecule has 0 bridgehead atoms. The van der Waals surface area contributed by atoms with Crippen LogP contribution in [0, 0.1) is 0 Å². The van der Waals surface area contributed by atoms with Crippen molar-refractivity contribution in [3.05, 3.63) is 40.5 Å². The summed E-state index contributed by atoms with van der Waals surface area (Å²) in [6, 6.07) is 5.60. The van der Waals surface area contributed by atoms with Crippen molar-refractivity contribution < 1.29 is 9.26 Å². The molecule has 0 saturated heterocycles. The molecule has 2 heterocycles. The van der Waals surface area contributed by atoms with E-state index in [4.69, 9.17) is 26.6 Å². The van der Waals surface area contributed by atoms with E-state index in [1.807, 2.05) is 18.2 Å². The van der Waals surface area contributed by atoms with Crippen LogP contribution in [0.3, 0.4) is 0 Å². The van der Waals surface area contributed by atoms with Crippen molar-refractivity contribution in [1.82, 2.24) is 10.1 Å². The minimum absolute atomic E-state index is 0. The first-order valence-corrected chi connectivity index (χ1v) is 7.60. The van der Waals surface area contributed by atoms with Gasteiger partial charge in [-0.2, -0.15) is 4.98 Å². The first-order valence-electron chi connectivity index (χ1n) is 7.22. The molecule has 2 aliphatic rings. The zero-order valence-electron chi connectivity index (χ0n) is 11.9. The van der Waals surface area contributed by atoms with Gasteiger partial charge in [-0.3, -0.25) is 0 Å². The first kappa shape index (κ1) is 15.6. The predicted molar refractivity (Wildman–Crippen MR) is 84.4 cm³/mol.